The number of carbonyl (C=O) groups is 2. The number of ether oxygens (including phenoxy) is 3. The van der Waals surface area contributed by atoms with Crippen LogP contribution in [0, 0.1) is 0 Å². The predicted octanol–water partition coefficient (Wildman–Crippen LogP) is 2.48. The van der Waals surface area contributed by atoms with Gasteiger partial charge in [0.05, 0.1) is 33.1 Å². The molecule has 2 aromatic rings. The van der Waals surface area contributed by atoms with Crippen molar-refractivity contribution in [2.24, 2.45) is 5.16 Å². The lowest BCUT2D eigenvalue weighted by atomic mass is 10.2. The molecule has 0 bridgehead atoms. The molecule has 142 valence electrons. The molecule has 0 radical (unpaired) electrons. The van der Waals surface area contributed by atoms with E-state index in [-0.39, 0.29) is 6.61 Å². The summed E-state index contributed by atoms with van der Waals surface area (Å²) < 4.78 is 15.0. The number of hydrogen-bond acceptors (Lipinski definition) is 7. The fourth-order valence-electron chi connectivity index (χ4n) is 2.13. The van der Waals surface area contributed by atoms with Crippen LogP contribution in [0.15, 0.2) is 47.6 Å². The molecule has 0 saturated heterocycles. The highest BCUT2D eigenvalue weighted by Gasteiger charge is 2.07. The number of amides is 1. The van der Waals surface area contributed by atoms with Crippen molar-refractivity contribution < 1.29 is 28.6 Å². The van der Waals surface area contributed by atoms with Gasteiger partial charge in [-0.25, -0.2) is 4.79 Å². The Morgan fingerprint density at radius 3 is 2.41 bits per heavy atom. The molecule has 8 nitrogen and oxygen atoms in total. The number of benzene rings is 2. The second kappa shape index (κ2) is 9.81. The second-order valence-corrected chi connectivity index (χ2v) is 5.23. The topological polar surface area (TPSA) is 95.5 Å². The van der Waals surface area contributed by atoms with Gasteiger partial charge in [0.15, 0.2) is 6.61 Å². The number of oxime groups is 1. The summed E-state index contributed by atoms with van der Waals surface area (Å²) >= 11 is 0. The first kappa shape index (κ1) is 19.8. The van der Waals surface area contributed by atoms with Gasteiger partial charge >= 0.3 is 5.97 Å². The number of rotatable bonds is 8. The Hall–Kier alpha value is -3.55. The second-order valence-electron chi connectivity index (χ2n) is 5.23. The van der Waals surface area contributed by atoms with Gasteiger partial charge in [0, 0.05) is 11.3 Å². The van der Waals surface area contributed by atoms with Crippen molar-refractivity contribution in [1.29, 1.82) is 0 Å². The number of esters is 1. The van der Waals surface area contributed by atoms with E-state index < -0.39 is 11.9 Å². The molecule has 8 heteroatoms. The summed E-state index contributed by atoms with van der Waals surface area (Å²) in [5.41, 5.74) is 1.56. The molecule has 2 aromatic carbocycles. The van der Waals surface area contributed by atoms with Gasteiger partial charge in [0.25, 0.3) is 5.91 Å². The van der Waals surface area contributed by atoms with E-state index in [1.165, 1.54) is 13.3 Å². The zero-order valence-corrected chi connectivity index (χ0v) is 15.2. The summed E-state index contributed by atoms with van der Waals surface area (Å²) in [6, 6.07) is 11.5. The molecule has 1 amide bonds. The number of nitrogens with zero attached hydrogens (tertiary/aromatic N) is 1. The zero-order valence-electron chi connectivity index (χ0n) is 15.2. The smallest absolute Gasteiger partial charge is 0.337 e. The molecular formula is C19H20N2O6. The quantitative estimate of drug-likeness (QED) is 0.434. The van der Waals surface area contributed by atoms with Gasteiger partial charge in [-0.1, -0.05) is 5.16 Å². The van der Waals surface area contributed by atoms with Crippen molar-refractivity contribution in [3.63, 3.8) is 0 Å². The average molecular weight is 372 g/mol. The van der Waals surface area contributed by atoms with Crippen LogP contribution in [-0.2, 0) is 14.4 Å². The van der Waals surface area contributed by atoms with E-state index in [0.717, 1.165) is 0 Å². The van der Waals surface area contributed by atoms with Crippen LogP contribution in [0.3, 0.4) is 0 Å². The number of anilines is 1. The van der Waals surface area contributed by atoms with Gasteiger partial charge in [-0.3, -0.25) is 4.79 Å². The molecular weight excluding hydrogens is 352 g/mol. The Kier molecular flexibility index (Phi) is 7.18. The molecule has 0 heterocycles. The van der Waals surface area contributed by atoms with Crippen molar-refractivity contribution >= 4 is 23.8 Å². The lowest BCUT2D eigenvalue weighted by molar-refractivity contribution is -0.120. The minimum absolute atomic E-state index is 0.276. The van der Waals surface area contributed by atoms with E-state index in [2.05, 4.69) is 15.2 Å². The van der Waals surface area contributed by atoms with Crippen LogP contribution in [0.4, 0.5) is 5.69 Å². The molecule has 1 N–H and O–H groups in total. The molecule has 0 aromatic heterocycles. The molecule has 2 rings (SSSR count). The first-order valence-electron chi connectivity index (χ1n) is 7.93. The van der Waals surface area contributed by atoms with Gasteiger partial charge in [0.1, 0.15) is 11.5 Å². The van der Waals surface area contributed by atoms with E-state index >= 15 is 0 Å². The van der Waals surface area contributed by atoms with Crippen molar-refractivity contribution in [3.05, 3.63) is 53.6 Å². The van der Waals surface area contributed by atoms with Gasteiger partial charge in [-0.05, 0) is 42.5 Å². The van der Waals surface area contributed by atoms with Gasteiger partial charge < -0.3 is 24.4 Å². The summed E-state index contributed by atoms with van der Waals surface area (Å²) in [7, 11) is 4.40. The SMILES string of the molecule is COC(=O)c1ccc(NC(=O)CO/N=C/c2cc(OC)ccc2OC)cc1. The van der Waals surface area contributed by atoms with E-state index in [4.69, 9.17) is 14.3 Å². The number of hydrogen-bond donors (Lipinski definition) is 1. The summed E-state index contributed by atoms with van der Waals surface area (Å²) in [5.74, 6) is 0.401. The van der Waals surface area contributed by atoms with Crippen molar-refractivity contribution in [1.82, 2.24) is 0 Å². The Balaban J connectivity index is 1.87. The molecule has 0 aliphatic carbocycles. The normalized spacial score (nSPS) is 10.3. The highest BCUT2D eigenvalue weighted by atomic mass is 16.6. The molecule has 0 saturated carbocycles. The van der Waals surface area contributed by atoms with Crippen LogP contribution in [0.5, 0.6) is 11.5 Å². The Morgan fingerprint density at radius 1 is 1.04 bits per heavy atom. The largest absolute Gasteiger partial charge is 0.497 e. The van der Waals surface area contributed by atoms with E-state index in [0.29, 0.717) is 28.3 Å². The van der Waals surface area contributed by atoms with Crippen LogP contribution >= 0.6 is 0 Å². The van der Waals surface area contributed by atoms with Crippen LogP contribution in [-0.4, -0.2) is 46.0 Å². The van der Waals surface area contributed by atoms with Crippen LogP contribution in [0.2, 0.25) is 0 Å². The highest BCUT2D eigenvalue weighted by Crippen LogP contribution is 2.22. The molecule has 0 atom stereocenters. The molecule has 27 heavy (non-hydrogen) atoms. The maximum atomic E-state index is 11.9. The lowest BCUT2D eigenvalue weighted by Gasteiger charge is -2.07. The van der Waals surface area contributed by atoms with Crippen LogP contribution in [0.25, 0.3) is 0 Å². The Morgan fingerprint density at radius 2 is 1.78 bits per heavy atom. The minimum Gasteiger partial charge on any atom is -0.497 e. The third kappa shape index (κ3) is 5.74. The Labute approximate surface area is 156 Å². The van der Waals surface area contributed by atoms with Crippen LogP contribution in [0.1, 0.15) is 15.9 Å². The number of nitrogens with one attached hydrogen (secondary N) is 1. The number of carbonyl (C=O) groups excluding carboxylic acids is 2. The first-order chi connectivity index (χ1) is 13.1. The van der Waals surface area contributed by atoms with Gasteiger partial charge in [-0.2, -0.15) is 0 Å². The molecule has 0 aliphatic rings. The molecule has 0 spiro atoms. The maximum Gasteiger partial charge on any atom is 0.337 e. The fraction of sp³-hybridized carbons (Fsp3) is 0.211. The summed E-state index contributed by atoms with van der Waals surface area (Å²) in [6.07, 6.45) is 1.43. The van der Waals surface area contributed by atoms with Gasteiger partial charge in [-0.15, -0.1) is 0 Å². The summed E-state index contributed by atoms with van der Waals surface area (Å²) in [4.78, 5) is 28.2. The first-order valence-corrected chi connectivity index (χ1v) is 7.93. The molecule has 0 fully saturated rings. The third-order valence-electron chi connectivity index (χ3n) is 3.49. The van der Waals surface area contributed by atoms with E-state index in [9.17, 15) is 9.59 Å². The summed E-state index contributed by atoms with van der Waals surface area (Å²) in [5, 5.41) is 6.40. The number of methoxy groups -OCH3 is 3. The van der Waals surface area contributed by atoms with Crippen molar-refractivity contribution in [3.8, 4) is 11.5 Å². The lowest BCUT2D eigenvalue weighted by Crippen LogP contribution is -2.17. The van der Waals surface area contributed by atoms with Gasteiger partial charge in [0.2, 0.25) is 0 Å². The zero-order chi connectivity index (χ0) is 19.6. The van der Waals surface area contributed by atoms with Crippen molar-refractivity contribution in [2.75, 3.05) is 33.3 Å². The van der Waals surface area contributed by atoms with E-state index in [1.54, 1.807) is 56.7 Å². The maximum absolute atomic E-state index is 11.9. The standard InChI is InChI=1S/C19H20N2O6/c1-24-16-8-9-17(25-2)14(10-16)11-20-27-12-18(22)21-15-6-4-13(5-7-15)19(23)26-3/h4-11H,12H2,1-3H3,(H,21,22)/b20-11+. The summed E-state index contributed by atoms with van der Waals surface area (Å²) in [6.45, 7) is -0.276. The predicted molar refractivity (Wildman–Crippen MR) is 99.5 cm³/mol. The molecule has 0 unspecified atom stereocenters. The van der Waals surface area contributed by atoms with Crippen molar-refractivity contribution in [2.45, 2.75) is 0 Å². The average Bonchev–Trinajstić information content (AvgIpc) is 2.71. The molecule has 0 aliphatic heterocycles. The monoisotopic (exact) mass is 372 g/mol. The van der Waals surface area contributed by atoms with Crippen LogP contribution < -0.4 is 14.8 Å². The highest BCUT2D eigenvalue weighted by molar-refractivity contribution is 5.93. The minimum atomic E-state index is -0.446. The van der Waals surface area contributed by atoms with E-state index in [1.807, 2.05) is 0 Å². The Bertz CT molecular complexity index is 817. The third-order valence-corrected chi connectivity index (χ3v) is 3.49. The fourth-order valence-corrected chi connectivity index (χ4v) is 2.13.